The Hall–Kier alpha value is -2.18. The molecule has 0 radical (unpaired) electrons. The van der Waals surface area contributed by atoms with Gasteiger partial charge in [-0.15, -0.1) is 11.3 Å². The molecule has 2 unspecified atom stereocenters. The van der Waals surface area contributed by atoms with Crippen LogP contribution >= 0.6 is 11.3 Å². The summed E-state index contributed by atoms with van der Waals surface area (Å²) in [5.41, 5.74) is 3.91. The van der Waals surface area contributed by atoms with E-state index in [9.17, 15) is 9.59 Å². The molecule has 1 saturated heterocycles. The summed E-state index contributed by atoms with van der Waals surface area (Å²) in [5, 5.41) is 2.18. The van der Waals surface area contributed by atoms with Crippen LogP contribution in [0.25, 0.3) is 0 Å². The minimum Gasteiger partial charge on any atom is -0.338 e. The SMILES string of the molecule is CCCCC(=O)N1CCN(C(=O)CN2CCc3sccc3C2c2ccccc2C)CC1C. The van der Waals surface area contributed by atoms with Gasteiger partial charge in [0, 0.05) is 43.5 Å². The molecule has 2 amide bonds. The first kappa shape index (κ1) is 23.0. The number of benzene rings is 1. The molecule has 2 aliphatic heterocycles. The molecule has 2 atom stereocenters. The van der Waals surface area contributed by atoms with Crippen LogP contribution < -0.4 is 0 Å². The van der Waals surface area contributed by atoms with Crippen LogP contribution in [0.3, 0.4) is 0 Å². The highest BCUT2D eigenvalue weighted by atomic mass is 32.1. The van der Waals surface area contributed by atoms with Gasteiger partial charge in [-0.2, -0.15) is 0 Å². The molecule has 1 aromatic heterocycles. The maximum Gasteiger partial charge on any atom is 0.236 e. The lowest BCUT2D eigenvalue weighted by molar-refractivity contribution is -0.143. The van der Waals surface area contributed by atoms with Crippen LogP contribution in [0.5, 0.6) is 0 Å². The summed E-state index contributed by atoms with van der Waals surface area (Å²) < 4.78 is 0. The fourth-order valence-electron chi connectivity index (χ4n) is 5.10. The lowest BCUT2D eigenvalue weighted by Gasteiger charge is -2.42. The molecular formula is C26H35N3O2S. The van der Waals surface area contributed by atoms with E-state index in [1.807, 2.05) is 21.1 Å². The van der Waals surface area contributed by atoms with Crippen LogP contribution in [0.15, 0.2) is 35.7 Å². The zero-order valence-electron chi connectivity index (χ0n) is 19.5. The third-order valence-corrected chi connectivity index (χ3v) is 7.93. The second-order valence-electron chi connectivity index (χ2n) is 9.16. The summed E-state index contributed by atoms with van der Waals surface area (Å²) in [5.74, 6) is 0.404. The summed E-state index contributed by atoms with van der Waals surface area (Å²) in [7, 11) is 0. The second-order valence-corrected chi connectivity index (χ2v) is 10.2. The van der Waals surface area contributed by atoms with Gasteiger partial charge in [0.15, 0.2) is 0 Å². The number of carbonyl (C=O) groups excluding carboxylic acids is 2. The number of fused-ring (bicyclic) bond motifs is 1. The fraction of sp³-hybridized carbons (Fsp3) is 0.538. The maximum absolute atomic E-state index is 13.4. The molecule has 0 bridgehead atoms. The van der Waals surface area contributed by atoms with Crippen molar-refractivity contribution in [3.8, 4) is 0 Å². The summed E-state index contributed by atoms with van der Waals surface area (Å²) in [6.45, 7) is 9.55. The van der Waals surface area contributed by atoms with Crippen LogP contribution in [-0.2, 0) is 16.0 Å². The summed E-state index contributed by atoms with van der Waals surface area (Å²) in [6, 6.07) is 11.0. The quantitative estimate of drug-likeness (QED) is 0.657. The Kier molecular flexibility index (Phi) is 7.31. The van der Waals surface area contributed by atoms with E-state index < -0.39 is 0 Å². The molecule has 0 spiro atoms. The van der Waals surface area contributed by atoms with Crippen molar-refractivity contribution in [3.05, 3.63) is 57.3 Å². The predicted molar refractivity (Wildman–Crippen MR) is 130 cm³/mol. The van der Waals surface area contributed by atoms with Gasteiger partial charge in [-0.1, -0.05) is 37.6 Å². The molecule has 2 aliphatic rings. The number of nitrogens with zero attached hydrogens (tertiary/aromatic N) is 3. The predicted octanol–water partition coefficient (Wildman–Crippen LogP) is 4.25. The van der Waals surface area contributed by atoms with Gasteiger partial charge >= 0.3 is 0 Å². The number of hydrogen-bond donors (Lipinski definition) is 0. The highest BCUT2D eigenvalue weighted by Gasteiger charge is 2.34. The van der Waals surface area contributed by atoms with Gasteiger partial charge in [0.2, 0.25) is 11.8 Å². The van der Waals surface area contributed by atoms with Gasteiger partial charge in [0.05, 0.1) is 12.6 Å². The third kappa shape index (κ3) is 4.76. The molecule has 172 valence electrons. The minimum absolute atomic E-state index is 0.0778. The molecule has 32 heavy (non-hydrogen) atoms. The second kappa shape index (κ2) is 10.2. The van der Waals surface area contributed by atoms with Gasteiger partial charge < -0.3 is 9.80 Å². The maximum atomic E-state index is 13.4. The Balaban J connectivity index is 1.46. The summed E-state index contributed by atoms with van der Waals surface area (Å²) >= 11 is 1.83. The zero-order valence-corrected chi connectivity index (χ0v) is 20.4. The Bertz CT molecular complexity index is 956. The molecular weight excluding hydrogens is 418 g/mol. The van der Waals surface area contributed by atoms with E-state index >= 15 is 0 Å². The number of rotatable bonds is 6. The molecule has 0 aliphatic carbocycles. The Morgan fingerprint density at radius 2 is 1.88 bits per heavy atom. The fourth-order valence-corrected chi connectivity index (χ4v) is 6.00. The van der Waals surface area contributed by atoms with Crippen LogP contribution in [0, 0.1) is 6.92 Å². The third-order valence-electron chi connectivity index (χ3n) is 6.93. The van der Waals surface area contributed by atoms with Crippen LogP contribution in [-0.4, -0.2) is 65.3 Å². The number of piperazine rings is 1. The molecule has 4 rings (SSSR count). The highest BCUT2D eigenvalue weighted by molar-refractivity contribution is 7.10. The van der Waals surface area contributed by atoms with E-state index in [2.05, 4.69) is 61.4 Å². The van der Waals surface area contributed by atoms with Crippen LogP contribution in [0.4, 0.5) is 0 Å². The monoisotopic (exact) mass is 453 g/mol. The van der Waals surface area contributed by atoms with E-state index in [0.717, 1.165) is 25.8 Å². The van der Waals surface area contributed by atoms with E-state index in [0.29, 0.717) is 32.6 Å². The normalized spacial score (nSPS) is 21.5. The van der Waals surface area contributed by atoms with Crippen molar-refractivity contribution < 1.29 is 9.59 Å². The van der Waals surface area contributed by atoms with E-state index in [1.54, 1.807) is 0 Å². The number of amides is 2. The summed E-state index contributed by atoms with van der Waals surface area (Å²) in [4.78, 5) is 33.6. The van der Waals surface area contributed by atoms with E-state index in [-0.39, 0.29) is 23.9 Å². The number of thiophene rings is 1. The van der Waals surface area contributed by atoms with Crippen molar-refractivity contribution in [2.45, 2.75) is 58.5 Å². The van der Waals surface area contributed by atoms with Gasteiger partial charge in [-0.05, 0) is 54.8 Å². The van der Waals surface area contributed by atoms with Gasteiger partial charge in [0.1, 0.15) is 0 Å². The first-order valence-electron chi connectivity index (χ1n) is 11.9. The standard InChI is InChI=1S/C26H35N3O2S/c1-4-5-10-24(30)29-15-14-27(17-20(29)3)25(31)18-28-13-11-23-22(12-16-32-23)26(28)21-9-7-6-8-19(21)2/h6-9,12,16,20,26H,4-5,10-11,13-15,17-18H2,1-3H3. The van der Waals surface area contributed by atoms with Crippen molar-refractivity contribution in [2.24, 2.45) is 0 Å². The largest absolute Gasteiger partial charge is 0.338 e. The number of aryl methyl sites for hydroxylation is 1. The topological polar surface area (TPSA) is 43.9 Å². The van der Waals surface area contributed by atoms with E-state index in [1.165, 1.54) is 21.6 Å². The average Bonchev–Trinajstić information content (AvgIpc) is 3.27. The van der Waals surface area contributed by atoms with Crippen LogP contribution in [0.1, 0.15) is 60.7 Å². The Morgan fingerprint density at radius 1 is 1.06 bits per heavy atom. The minimum atomic E-state index is 0.0778. The lowest BCUT2D eigenvalue weighted by Crippen LogP contribution is -2.57. The number of carbonyl (C=O) groups is 2. The molecule has 2 aromatic rings. The van der Waals surface area contributed by atoms with Gasteiger partial charge in [0.25, 0.3) is 0 Å². The lowest BCUT2D eigenvalue weighted by atomic mass is 9.90. The van der Waals surface area contributed by atoms with Crippen molar-refractivity contribution in [3.63, 3.8) is 0 Å². The molecule has 3 heterocycles. The van der Waals surface area contributed by atoms with Crippen molar-refractivity contribution in [2.75, 3.05) is 32.7 Å². The molecule has 6 heteroatoms. The van der Waals surface area contributed by atoms with Gasteiger partial charge in [-0.3, -0.25) is 14.5 Å². The molecule has 0 saturated carbocycles. The number of unbranched alkanes of at least 4 members (excludes halogenated alkanes) is 1. The van der Waals surface area contributed by atoms with Crippen molar-refractivity contribution >= 4 is 23.2 Å². The summed E-state index contributed by atoms with van der Waals surface area (Å²) in [6.07, 6.45) is 3.58. The first-order chi connectivity index (χ1) is 15.5. The molecule has 1 aromatic carbocycles. The zero-order chi connectivity index (χ0) is 22.7. The number of hydrogen-bond acceptors (Lipinski definition) is 4. The molecule has 5 nitrogen and oxygen atoms in total. The smallest absolute Gasteiger partial charge is 0.236 e. The van der Waals surface area contributed by atoms with Gasteiger partial charge in [-0.25, -0.2) is 0 Å². The highest BCUT2D eigenvalue weighted by Crippen LogP contribution is 2.38. The molecule has 1 fully saturated rings. The molecule has 0 N–H and O–H groups in total. The average molecular weight is 454 g/mol. The van der Waals surface area contributed by atoms with E-state index in [4.69, 9.17) is 0 Å². The van der Waals surface area contributed by atoms with Crippen molar-refractivity contribution in [1.82, 2.24) is 14.7 Å². The Labute approximate surface area is 196 Å². The van der Waals surface area contributed by atoms with Crippen LogP contribution in [0.2, 0.25) is 0 Å². The van der Waals surface area contributed by atoms with Crippen molar-refractivity contribution in [1.29, 1.82) is 0 Å². The first-order valence-corrected chi connectivity index (χ1v) is 12.8. The Morgan fingerprint density at radius 3 is 2.62 bits per heavy atom.